The van der Waals surface area contributed by atoms with Gasteiger partial charge in [0, 0.05) is 25.5 Å². The highest BCUT2D eigenvalue weighted by Crippen LogP contribution is 2.12. The number of pyridine rings is 1. The summed E-state index contributed by atoms with van der Waals surface area (Å²) in [5, 5.41) is 5.28. The van der Waals surface area contributed by atoms with Crippen LogP contribution in [-0.2, 0) is 22.4 Å². The van der Waals surface area contributed by atoms with Gasteiger partial charge in [0.05, 0.1) is 6.42 Å². The molecule has 2 N–H and O–H groups in total. The van der Waals surface area contributed by atoms with E-state index in [1.54, 1.807) is 24.5 Å². The number of carbonyl (C=O) groups excluding carboxylic acids is 3. The molecule has 0 bridgehead atoms. The van der Waals surface area contributed by atoms with Crippen LogP contribution in [0.25, 0.3) is 0 Å². The van der Waals surface area contributed by atoms with Crippen LogP contribution in [0.4, 0.5) is 9.18 Å². The maximum absolute atomic E-state index is 13.2. The Bertz CT molecular complexity index is 860. The summed E-state index contributed by atoms with van der Waals surface area (Å²) in [6.45, 7) is 0.565. The van der Waals surface area contributed by atoms with Gasteiger partial charge in [0.1, 0.15) is 11.9 Å². The van der Waals surface area contributed by atoms with E-state index in [-0.39, 0.29) is 24.7 Å². The standard InChI is InChI=1S/C20H21FN4O3/c21-16-3-1-2-15(12-16)7-11-25-19(27)17(24-20(25)28)13-18(26)23-10-6-14-4-8-22-9-5-14/h1-5,8-9,12,17H,6-7,10-11,13H2,(H,23,26)(H,24,28)/t17-/m0/s1. The SMILES string of the molecule is O=C(C[C@@H]1NC(=O)N(CCc2cccc(F)c2)C1=O)NCCc1ccncc1. The van der Waals surface area contributed by atoms with Crippen molar-refractivity contribution in [2.45, 2.75) is 25.3 Å². The molecule has 0 spiro atoms. The van der Waals surface area contributed by atoms with Crippen molar-refractivity contribution in [3.05, 3.63) is 65.7 Å². The van der Waals surface area contributed by atoms with Crippen LogP contribution in [0.2, 0.25) is 0 Å². The molecule has 8 heteroatoms. The molecule has 1 aliphatic rings. The second-order valence-corrected chi connectivity index (χ2v) is 6.53. The average Bonchev–Trinajstić information content (AvgIpc) is 2.94. The van der Waals surface area contributed by atoms with E-state index in [4.69, 9.17) is 0 Å². The molecule has 1 atom stereocenters. The molecule has 4 amide bonds. The van der Waals surface area contributed by atoms with Crippen LogP contribution in [0.1, 0.15) is 17.5 Å². The maximum Gasteiger partial charge on any atom is 0.324 e. The molecule has 1 aromatic heterocycles. The lowest BCUT2D eigenvalue weighted by atomic mass is 10.1. The lowest BCUT2D eigenvalue weighted by molar-refractivity contribution is -0.130. The van der Waals surface area contributed by atoms with E-state index in [0.29, 0.717) is 24.9 Å². The molecule has 2 heterocycles. The Balaban J connectivity index is 1.45. The molecule has 1 aromatic carbocycles. The summed E-state index contributed by atoms with van der Waals surface area (Å²) >= 11 is 0. The topological polar surface area (TPSA) is 91.4 Å². The normalized spacial score (nSPS) is 16.2. The first-order valence-electron chi connectivity index (χ1n) is 9.05. The van der Waals surface area contributed by atoms with Crippen LogP contribution in [0.15, 0.2) is 48.8 Å². The fourth-order valence-electron chi connectivity index (χ4n) is 3.01. The highest BCUT2D eigenvalue weighted by Gasteiger charge is 2.38. The zero-order valence-electron chi connectivity index (χ0n) is 15.2. The molecular formula is C20H21FN4O3. The molecule has 1 aliphatic heterocycles. The van der Waals surface area contributed by atoms with Crippen molar-refractivity contribution in [1.82, 2.24) is 20.5 Å². The minimum Gasteiger partial charge on any atom is -0.356 e. The smallest absolute Gasteiger partial charge is 0.324 e. The predicted octanol–water partition coefficient (Wildman–Crippen LogP) is 1.43. The lowest BCUT2D eigenvalue weighted by Crippen LogP contribution is -2.37. The van der Waals surface area contributed by atoms with Gasteiger partial charge in [0.25, 0.3) is 5.91 Å². The molecule has 28 heavy (non-hydrogen) atoms. The van der Waals surface area contributed by atoms with E-state index < -0.39 is 18.0 Å². The van der Waals surface area contributed by atoms with E-state index in [9.17, 15) is 18.8 Å². The van der Waals surface area contributed by atoms with Crippen LogP contribution < -0.4 is 10.6 Å². The van der Waals surface area contributed by atoms with Crippen molar-refractivity contribution < 1.29 is 18.8 Å². The summed E-state index contributed by atoms with van der Waals surface area (Å²) < 4.78 is 13.2. The number of halogens is 1. The van der Waals surface area contributed by atoms with Crippen LogP contribution in [0, 0.1) is 5.82 Å². The van der Waals surface area contributed by atoms with Crippen molar-refractivity contribution in [3.63, 3.8) is 0 Å². The van der Waals surface area contributed by atoms with Gasteiger partial charge in [-0.1, -0.05) is 12.1 Å². The summed E-state index contributed by atoms with van der Waals surface area (Å²) in [5.74, 6) is -1.11. The Morgan fingerprint density at radius 3 is 2.68 bits per heavy atom. The average molecular weight is 384 g/mol. The zero-order valence-corrected chi connectivity index (χ0v) is 15.2. The third kappa shape index (κ3) is 5.12. The number of nitrogens with one attached hydrogen (secondary N) is 2. The molecule has 1 saturated heterocycles. The predicted molar refractivity (Wildman–Crippen MR) is 99.7 cm³/mol. The molecule has 0 unspecified atom stereocenters. The number of benzene rings is 1. The molecule has 3 rings (SSSR count). The van der Waals surface area contributed by atoms with E-state index >= 15 is 0 Å². The van der Waals surface area contributed by atoms with Gasteiger partial charge in [-0.3, -0.25) is 19.5 Å². The summed E-state index contributed by atoms with van der Waals surface area (Å²) in [7, 11) is 0. The first-order valence-corrected chi connectivity index (χ1v) is 9.05. The number of amides is 4. The molecule has 0 aliphatic carbocycles. The Morgan fingerprint density at radius 2 is 1.93 bits per heavy atom. The Morgan fingerprint density at radius 1 is 1.14 bits per heavy atom. The molecular weight excluding hydrogens is 363 g/mol. The number of nitrogens with zero attached hydrogens (tertiary/aromatic N) is 2. The van der Waals surface area contributed by atoms with Gasteiger partial charge in [0.15, 0.2) is 0 Å². The third-order valence-electron chi connectivity index (χ3n) is 4.49. The minimum atomic E-state index is -0.874. The van der Waals surface area contributed by atoms with Crippen LogP contribution in [0.3, 0.4) is 0 Å². The monoisotopic (exact) mass is 384 g/mol. The number of urea groups is 1. The largest absolute Gasteiger partial charge is 0.356 e. The van der Waals surface area contributed by atoms with Gasteiger partial charge in [-0.15, -0.1) is 0 Å². The molecule has 0 radical (unpaired) electrons. The summed E-state index contributed by atoms with van der Waals surface area (Å²) in [6, 6.07) is 8.33. The van der Waals surface area contributed by atoms with Crippen molar-refractivity contribution in [3.8, 4) is 0 Å². The van der Waals surface area contributed by atoms with Crippen molar-refractivity contribution in [1.29, 1.82) is 0 Å². The Labute approximate surface area is 161 Å². The van der Waals surface area contributed by atoms with Crippen LogP contribution in [0.5, 0.6) is 0 Å². The van der Waals surface area contributed by atoms with Crippen LogP contribution >= 0.6 is 0 Å². The maximum atomic E-state index is 13.2. The summed E-state index contributed by atoms with van der Waals surface area (Å²) in [6.07, 6.45) is 4.25. The molecule has 146 valence electrons. The fourth-order valence-corrected chi connectivity index (χ4v) is 3.01. The number of carbonyl (C=O) groups is 3. The fraction of sp³-hybridized carbons (Fsp3) is 0.300. The number of rotatable bonds is 8. The molecule has 1 fully saturated rings. The number of hydrogen-bond donors (Lipinski definition) is 2. The van der Waals surface area contributed by atoms with Crippen molar-refractivity contribution >= 4 is 17.8 Å². The Hall–Kier alpha value is -3.29. The van der Waals surface area contributed by atoms with E-state index in [2.05, 4.69) is 15.6 Å². The minimum absolute atomic E-state index is 0.114. The molecule has 0 saturated carbocycles. The number of aromatic nitrogens is 1. The third-order valence-corrected chi connectivity index (χ3v) is 4.49. The van der Waals surface area contributed by atoms with Gasteiger partial charge >= 0.3 is 6.03 Å². The van der Waals surface area contributed by atoms with Crippen molar-refractivity contribution in [2.75, 3.05) is 13.1 Å². The highest BCUT2D eigenvalue weighted by molar-refractivity contribution is 6.05. The van der Waals surface area contributed by atoms with E-state index in [0.717, 1.165) is 10.5 Å². The van der Waals surface area contributed by atoms with Gasteiger partial charge in [0.2, 0.25) is 5.91 Å². The zero-order chi connectivity index (χ0) is 19.9. The first kappa shape index (κ1) is 19.5. The van der Waals surface area contributed by atoms with Crippen molar-refractivity contribution in [2.24, 2.45) is 0 Å². The lowest BCUT2D eigenvalue weighted by Gasteiger charge is -2.13. The van der Waals surface area contributed by atoms with Gasteiger partial charge < -0.3 is 10.6 Å². The highest BCUT2D eigenvalue weighted by atomic mass is 19.1. The second kappa shape index (κ2) is 9.07. The van der Waals surface area contributed by atoms with E-state index in [1.807, 2.05) is 12.1 Å². The van der Waals surface area contributed by atoms with Gasteiger partial charge in [-0.2, -0.15) is 0 Å². The number of imide groups is 1. The summed E-state index contributed by atoms with van der Waals surface area (Å²) in [4.78, 5) is 41.5. The second-order valence-electron chi connectivity index (χ2n) is 6.53. The van der Waals surface area contributed by atoms with Gasteiger partial charge in [-0.25, -0.2) is 9.18 Å². The molecule has 7 nitrogen and oxygen atoms in total. The Kier molecular flexibility index (Phi) is 6.31. The summed E-state index contributed by atoms with van der Waals surface area (Å²) in [5.41, 5.74) is 1.74. The first-order chi connectivity index (χ1) is 13.5. The quantitative estimate of drug-likeness (QED) is 0.674. The van der Waals surface area contributed by atoms with E-state index in [1.165, 1.54) is 12.1 Å². The molecule has 2 aromatic rings. The number of hydrogen-bond acceptors (Lipinski definition) is 4. The van der Waals surface area contributed by atoms with Crippen LogP contribution in [-0.4, -0.2) is 46.9 Å². The van der Waals surface area contributed by atoms with Gasteiger partial charge in [-0.05, 0) is 48.2 Å².